The van der Waals surface area contributed by atoms with Gasteiger partial charge in [0.25, 0.3) is 0 Å². The molecule has 2 rings (SSSR count). The highest BCUT2D eigenvalue weighted by Crippen LogP contribution is 2.25. The van der Waals surface area contributed by atoms with Crippen LogP contribution < -0.4 is 0 Å². The van der Waals surface area contributed by atoms with Crippen LogP contribution in [0, 0.1) is 6.92 Å². The highest BCUT2D eigenvalue weighted by Gasteiger charge is 2.18. The number of aromatic nitrogens is 2. The second-order valence-corrected chi connectivity index (χ2v) is 4.26. The molecule has 1 aromatic heterocycles. The van der Waals surface area contributed by atoms with E-state index in [2.05, 4.69) is 10.2 Å². The van der Waals surface area contributed by atoms with Crippen LogP contribution in [0.25, 0.3) is 11.5 Å². The van der Waals surface area contributed by atoms with Crippen LogP contribution in [0.15, 0.2) is 28.7 Å². The third-order valence-electron chi connectivity index (χ3n) is 2.72. The van der Waals surface area contributed by atoms with Crippen LogP contribution >= 0.6 is 0 Å². The molecule has 0 bridgehead atoms. The van der Waals surface area contributed by atoms with Gasteiger partial charge in [-0.3, -0.25) is 4.79 Å². The lowest BCUT2D eigenvalue weighted by molar-refractivity contribution is -0.137. The number of aryl methyl sites for hydroxylation is 1. The maximum absolute atomic E-state index is 10.6. The lowest BCUT2D eigenvalue weighted by atomic mass is 10.1. The molecule has 2 aromatic rings. The third-order valence-corrected chi connectivity index (χ3v) is 2.72. The van der Waals surface area contributed by atoms with Crippen molar-refractivity contribution in [3.8, 4) is 11.5 Å². The Kier molecular flexibility index (Phi) is 3.41. The first kappa shape index (κ1) is 12.3. The summed E-state index contributed by atoms with van der Waals surface area (Å²) >= 11 is 0. The number of aliphatic carboxylic acids is 1. The van der Waals surface area contributed by atoms with Crippen LogP contribution in [0.4, 0.5) is 0 Å². The van der Waals surface area contributed by atoms with E-state index in [0.29, 0.717) is 11.8 Å². The molecule has 0 amide bonds. The molecule has 18 heavy (non-hydrogen) atoms. The lowest BCUT2D eigenvalue weighted by Gasteiger charge is -2.02. The minimum Gasteiger partial charge on any atom is -0.481 e. The van der Waals surface area contributed by atoms with Crippen molar-refractivity contribution in [1.82, 2.24) is 10.2 Å². The number of carbonyl (C=O) groups is 1. The first-order valence-electron chi connectivity index (χ1n) is 5.69. The molecule has 0 radical (unpaired) electrons. The van der Waals surface area contributed by atoms with Crippen LogP contribution in [0.1, 0.15) is 30.7 Å². The van der Waals surface area contributed by atoms with Gasteiger partial charge in [0.2, 0.25) is 11.8 Å². The molecule has 1 unspecified atom stereocenters. The number of benzene rings is 1. The summed E-state index contributed by atoms with van der Waals surface area (Å²) in [5, 5.41) is 16.6. The van der Waals surface area contributed by atoms with Gasteiger partial charge in [-0.2, -0.15) is 0 Å². The van der Waals surface area contributed by atoms with Gasteiger partial charge >= 0.3 is 5.97 Å². The summed E-state index contributed by atoms with van der Waals surface area (Å²) in [6, 6.07) is 7.68. The fourth-order valence-corrected chi connectivity index (χ4v) is 1.70. The molecule has 0 aliphatic rings. The lowest BCUT2D eigenvalue weighted by Crippen LogP contribution is -2.02. The number of rotatable bonds is 4. The van der Waals surface area contributed by atoms with Crippen molar-refractivity contribution < 1.29 is 14.3 Å². The van der Waals surface area contributed by atoms with E-state index in [0.717, 1.165) is 11.1 Å². The molecule has 94 valence electrons. The topological polar surface area (TPSA) is 76.2 Å². The number of hydrogen-bond donors (Lipinski definition) is 1. The van der Waals surface area contributed by atoms with Crippen molar-refractivity contribution in [2.75, 3.05) is 0 Å². The van der Waals surface area contributed by atoms with Gasteiger partial charge in [-0.1, -0.05) is 25.1 Å². The van der Waals surface area contributed by atoms with Gasteiger partial charge in [0.05, 0.1) is 6.42 Å². The van der Waals surface area contributed by atoms with E-state index >= 15 is 0 Å². The van der Waals surface area contributed by atoms with E-state index in [9.17, 15) is 4.79 Å². The van der Waals surface area contributed by atoms with E-state index in [1.807, 2.05) is 31.2 Å². The SMILES string of the molecule is Cc1ccccc1-c1nnc(C(C)CC(=O)O)o1. The maximum atomic E-state index is 10.6. The van der Waals surface area contributed by atoms with Gasteiger partial charge in [0.15, 0.2) is 0 Å². The van der Waals surface area contributed by atoms with Gasteiger partial charge in [-0.15, -0.1) is 10.2 Å². The van der Waals surface area contributed by atoms with Crippen molar-refractivity contribution in [3.05, 3.63) is 35.7 Å². The maximum Gasteiger partial charge on any atom is 0.304 e. The van der Waals surface area contributed by atoms with Gasteiger partial charge < -0.3 is 9.52 Å². The summed E-state index contributed by atoms with van der Waals surface area (Å²) in [6.07, 6.45) is -0.0184. The summed E-state index contributed by atoms with van der Waals surface area (Å²) in [5.41, 5.74) is 1.91. The van der Waals surface area contributed by atoms with Crippen molar-refractivity contribution in [3.63, 3.8) is 0 Å². The van der Waals surface area contributed by atoms with E-state index < -0.39 is 5.97 Å². The summed E-state index contributed by atoms with van der Waals surface area (Å²) in [4.78, 5) is 10.6. The molecule has 5 nitrogen and oxygen atoms in total. The molecular formula is C13H14N2O3. The Morgan fingerprint density at radius 2 is 2.11 bits per heavy atom. The molecule has 5 heteroatoms. The second kappa shape index (κ2) is 5.00. The van der Waals surface area contributed by atoms with E-state index in [1.165, 1.54) is 0 Å². The third kappa shape index (κ3) is 2.56. The molecule has 0 saturated carbocycles. The van der Waals surface area contributed by atoms with E-state index in [1.54, 1.807) is 6.92 Å². The molecule has 0 fully saturated rings. The van der Waals surface area contributed by atoms with Gasteiger partial charge in [-0.05, 0) is 18.6 Å². The molecule has 1 aromatic carbocycles. The first-order valence-corrected chi connectivity index (χ1v) is 5.69. The van der Waals surface area contributed by atoms with Crippen molar-refractivity contribution in [2.45, 2.75) is 26.2 Å². The van der Waals surface area contributed by atoms with Crippen LogP contribution in [0.2, 0.25) is 0 Å². The Morgan fingerprint density at radius 1 is 1.39 bits per heavy atom. The predicted octanol–water partition coefficient (Wildman–Crippen LogP) is 2.62. The highest BCUT2D eigenvalue weighted by molar-refractivity contribution is 5.67. The summed E-state index contributed by atoms with van der Waals surface area (Å²) < 4.78 is 5.53. The minimum absolute atomic E-state index is 0.0184. The standard InChI is InChI=1S/C13H14N2O3/c1-8-5-3-4-6-10(8)13-15-14-12(18-13)9(2)7-11(16)17/h3-6,9H,7H2,1-2H3,(H,16,17). The Labute approximate surface area is 104 Å². The Bertz CT molecular complexity index is 563. The zero-order valence-corrected chi connectivity index (χ0v) is 10.3. The number of carboxylic acid groups (broad SMARTS) is 1. The monoisotopic (exact) mass is 246 g/mol. The summed E-state index contributed by atoms with van der Waals surface area (Å²) in [7, 11) is 0. The smallest absolute Gasteiger partial charge is 0.304 e. The Morgan fingerprint density at radius 3 is 2.78 bits per heavy atom. The zero-order chi connectivity index (χ0) is 13.1. The van der Waals surface area contributed by atoms with Crippen molar-refractivity contribution >= 4 is 5.97 Å². The van der Waals surface area contributed by atoms with Crippen molar-refractivity contribution in [2.24, 2.45) is 0 Å². The minimum atomic E-state index is -0.877. The Balaban J connectivity index is 2.26. The van der Waals surface area contributed by atoms with Crippen molar-refractivity contribution in [1.29, 1.82) is 0 Å². The Hall–Kier alpha value is -2.17. The van der Waals surface area contributed by atoms with Crippen LogP contribution in [0.3, 0.4) is 0 Å². The fourth-order valence-electron chi connectivity index (χ4n) is 1.70. The normalized spacial score (nSPS) is 12.3. The largest absolute Gasteiger partial charge is 0.481 e. The average Bonchev–Trinajstić information content (AvgIpc) is 2.78. The van der Waals surface area contributed by atoms with Gasteiger partial charge in [0.1, 0.15) is 0 Å². The summed E-state index contributed by atoms with van der Waals surface area (Å²) in [6.45, 7) is 3.71. The zero-order valence-electron chi connectivity index (χ0n) is 10.3. The molecule has 0 aliphatic carbocycles. The molecule has 0 spiro atoms. The highest BCUT2D eigenvalue weighted by atomic mass is 16.4. The fraction of sp³-hybridized carbons (Fsp3) is 0.308. The molecular weight excluding hydrogens is 232 g/mol. The number of carboxylic acids is 1. The first-order chi connectivity index (χ1) is 8.58. The van der Waals surface area contributed by atoms with Crippen LogP contribution in [-0.2, 0) is 4.79 Å². The second-order valence-electron chi connectivity index (χ2n) is 4.26. The molecule has 1 N–H and O–H groups in total. The predicted molar refractivity (Wildman–Crippen MR) is 65.1 cm³/mol. The number of nitrogens with zero attached hydrogens (tertiary/aromatic N) is 2. The average molecular weight is 246 g/mol. The molecule has 0 aliphatic heterocycles. The summed E-state index contributed by atoms with van der Waals surface area (Å²) in [5.74, 6) is -0.373. The van der Waals surface area contributed by atoms with Gasteiger partial charge in [-0.25, -0.2) is 0 Å². The van der Waals surface area contributed by atoms with Crippen LogP contribution in [-0.4, -0.2) is 21.3 Å². The molecule has 1 atom stereocenters. The van der Waals surface area contributed by atoms with Gasteiger partial charge in [0, 0.05) is 11.5 Å². The quantitative estimate of drug-likeness (QED) is 0.897. The molecule has 0 saturated heterocycles. The van der Waals surface area contributed by atoms with Crippen LogP contribution in [0.5, 0.6) is 0 Å². The number of hydrogen-bond acceptors (Lipinski definition) is 4. The van der Waals surface area contributed by atoms with E-state index in [-0.39, 0.29) is 12.3 Å². The molecule has 1 heterocycles. The van der Waals surface area contributed by atoms with E-state index in [4.69, 9.17) is 9.52 Å².